The Balaban J connectivity index is 2.33. The van der Waals surface area contributed by atoms with E-state index in [1.54, 1.807) is 0 Å². The molecule has 1 amide bonds. The van der Waals surface area contributed by atoms with Gasteiger partial charge in [-0.15, -0.1) is 0 Å². The van der Waals surface area contributed by atoms with Gasteiger partial charge in [-0.1, -0.05) is 0 Å². The molecule has 0 saturated carbocycles. The molecule has 2 heterocycles. The highest BCUT2D eigenvalue weighted by Crippen LogP contribution is 2.32. The summed E-state index contributed by atoms with van der Waals surface area (Å²) >= 11 is 0. The lowest BCUT2D eigenvalue weighted by molar-refractivity contribution is -0.225. The molecule has 26 heavy (non-hydrogen) atoms. The average Bonchev–Trinajstić information content (AvgIpc) is 3.32. The SMILES string of the molecule is CC(=O)NC1C(C2CO2)OC(COC(C)=O)C(OC(C)=O)C1OC(C)=O. The molecule has 0 aromatic carbocycles. The van der Waals surface area contributed by atoms with Crippen molar-refractivity contribution < 1.29 is 42.9 Å². The molecule has 2 rings (SSSR count). The minimum Gasteiger partial charge on any atom is -0.463 e. The van der Waals surface area contributed by atoms with E-state index in [9.17, 15) is 19.2 Å². The Bertz CT molecular complexity index is 574. The molecule has 2 fully saturated rings. The van der Waals surface area contributed by atoms with Crippen LogP contribution in [0.25, 0.3) is 0 Å². The van der Waals surface area contributed by atoms with Gasteiger partial charge in [-0.2, -0.15) is 0 Å². The van der Waals surface area contributed by atoms with Crippen LogP contribution in [0, 0.1) is 0 Å². The number of epoxide rings is 1. The fourth-order valence-electron chi connectivity index (χ4n) is 2.93. The van der Waals surface area contributed by atoms with Gasteiger partial charge in [0.1, 0.15) is 24.9 Å². The number of esters is 3. The molecule has 1 N–H and O–H groups in total. The van der Waals surface area contributed by atoms with Crippen LogP contribution in [0.4, 0.5) is 0 Å². The highest BCUT2D eigenvalue weighted by atomic mass is 16.6. The van der Waals surface area contributed by atoms with Crippen LogP contribution in [-0.2, 0) is 42.9 Å². The van der Waals surface area contributed by atoms with Crippen molar-refractivity contribution in [3.8, 4) is 0 Å². The Labute approximate surface area is 150 Å². The lowest BCUT2D eigenvalue weighted by atomic mass is 9.90. The predicted molar refractivity (Wildman–Crippen MR) is 83.7 cm³/mol. The van der Waals surface area contributed by atoms with E-state index in [-0.39, 0.29) is 18.6 Å². The van der Waals surface area contributed by atoms with E-state index in [0.29, 0.717) is 6.61 Å². The van der Waals surface area contributed by atoms with Gasteiger partial charge in [-0.3, -0.25) is 19.2 Å². The van der Waals surface area contributed by atoms with Gasteiger partial charge in [-0.05, 0) is 0 Å². The molecule has 0 aromatic rings. The summed E-state index contributed by atoms with van der Waals surface area (Å²) in [5.41, 5.74) is 0. The van der Waals surface area contributed by atoms with Crippen LogP contribution in [0.1, 0.15) is 27.7 Å². The first-order chi connectivity index (χ1) is 12.2. The summed E-state index contributed by atoms with van der Waals surface area (Å²) in [6.07, 6.45) is -3.95. The number of rotatable bonds is 6. The highest BCUT2D eigenvalue weighted by molar-refractivity contribution is 5.74. The van der Waals surface area contributed by atoms with Gasteiger partial charge in [-0.25, -0.2) is 0 Å². The van der Waals surface area contributed by atoms with E-state index in [0.717, 1.165) is 0 Å². The van der Waals surface area contributed by atoms with Crippen LogP contribution in [-0.4, -0.2) is 73.6 Å². The number of hydrogen-bond donors (Lipinski definition) is 1. The van der Waals surface area contributed by atoms with Crippen LogP contribution in [0.2, 0.25) is 0 Å². The molecule has 2 saturated heterocycles. The second kappa shape index (κ2) is 8.45. The monoisotopic (exact) mass is 373 g/mol. The lowest BCUT2D eigenvalue weighted by Crippen LogP contribution is -2.67. The van der Waals surface area contributed by atoms with Crippen LogP contribution in [0.3, 0.4) is 0 Å². The Hall–Kier alpha value is -2.20. The van der Waals surface area contributed by atoms with Crippen molar-refractivity contribution in [2.75, 3.05) is 13.2 Å². The largest absolute Gasteiger partial charge is 0.463 e. The first-order valence-electron chi connectivity index (χ1n) is 8.21. The Morgan fingerprint density at radius 1 is 0.962 bits per heavy atom. The van der Waals surface area contributed by atoms with Crippen LogP contribution >= 0.6 is 0 Å². The molecule has 10 heteroatoms. The molecule has 0 aliphatic carbocycles. The summed E-state index contributed by atoms with van der Waals surface area (Å²) in [5.74, 6) is -2.17. The zero-order valence-electron chi connectivity index (χ0n) is 15.1. The quantitative estimate of drug-likeness (QED) is 0.357. The summed E-state index contributed by atoms with van der Waals surface area (Å²) in [5, 5.41) is 2.68. The summed E-state index contributed by atoms with van der Waals surface area (Å²) < 4.78 is 26.8. The number of carbonyl (C=O) groups excluding carboxylic acids is 4. The van der Waals surface area contributed by atoms with E-state index >= 15 is 0 Å². The van der Waals surface area contributed by atoms with E-state index in [2.05, 4.69) is 5.32 Å². The minimum absolute atomic E-state index is 0.207. The molecular weight excluding hydrogens is 350 g/mol. The standard InChI is InChI=1S/C16H23NO9/c1-7(18)17-13-14(11-5-23-11)26-12(6-22-8(2)19)15(24-9(3)20)16(13)25-10(4)21/h11-16H,5-6H2,1-4H3,(H,17,18). The van der Waals surface area contributed by atoms with Gasteiger partial charge in [0.15, 0.2) is 12.2 Å². The zero-order chi connectivity index (χ0) is 19.4. The summed E-state index contributed by atoms with van der Waals surface area (Å²) in [6, 6.07) is -0.790. The molecule has 2 aliphatic heterocycles. The molecule has 0 radical (unpaired) electrons. The maximum atomic E-state index is 11.6. The van der Waals surface area contributed by atoms with Crippen LogP contribution in [0.15, 0.2) is 0 Å². The summed E-state index contributed by atoms with van der Waals surface area (Å²) in [4.78, 5) is 45.9. The molecule has 0 spiro atoms. The maximum Gasteiger partial charge on any atom is 0.303 e. The predicted octanol–water partition coefficient (Wildman–Crippen LogP) is -0.916. The van der Waals surface area contributed by atoms with Crippen molar-refractivity contribution in [3.05, 3.63) is 0 Å². The van der Waals surface area contributed by atoms with Crippen molar-refractivity contribution in [3.63, 3.8) is 0 Å². The van der Waals surface area contributed by atoms with Gasteiger partial charge >= 0.3 is 17.9 Å². The number of hydrogen-bond acceptors (Lipinski definition) is 9. The van der Waals surface area contributed by atoms with Gasteiger partial charge in [0.05, 0.1) is 12.6 Å². The highest BCUT2D eigenvalue weighted by Gasteiger charge is 2.55. The fraction of sp³-hybridized carbons (Fsp3) is 0.750. The molecule has 6 atom stereocenters. The van der Waals surface area contributed by atoms with Gasteiger partial charge in [0, 0.05) is 27.7 Å². The number of ether oxygens (including phenoxy) is 5. The van der Waals surface area contributed by atoms with E-state index < -0.39 is 48.4 Å². The van der Waals surface area contributed by atoms with Crippen molar-refractivity contribution in [1.82, 2.24) is 5.32 Å². The molecule has 6 unspecified atom stereocenters. The van der Waals surface area contributed by atoms with Crippen molar-refractivity contribution in [1.29, 1.82) is 0 Å². The van der Waals surface area contributed by atoms with Gasteiger partial charge in [0.2, 0.25) is 5.91 Å². The van der Waals surface area contributed by atoms with Crippen LogP contribution < -0.4 is 5.32 Å². The Morgan fingerprint density at radius 2 is 1.54 bits per heavy atom. The Morgan fingerprint density at radius 3 is 2.00 bits per heavy atom. The molecule has 0 bridgehead atoms. The van der Waals surface area contributed by atoms with Crippen molar-refractivity contribution in [2.45, 2.75) is 64.3 Å². The van der Waals surface area contributed by atoms with E-state index in [1.165, 1.54) is 27.7 Å². The summed E-state index contributed by atoms with van der Waals surface area (Å²) in [6.45, 7) is 5.13. The van der Waals surface area contributed by atoms with Crippen LogP contribution in [0.5, 0.6) is 0 Å². The molecule has 2 aliphatic rings. The van der Waals surface area contributed by atoms with Crippen molar-refractivity contribution in [2.24, 2.45) is 0 Å². The number of nitrogens with one attached hydrogen (secondary N) is 1. The number of amides is 1. The third-order valence-electron chi connectivity index (χ3n) is 3.88. The van der Waals surface area contributed by atoms with Crippen molar-refractivity contribution >= 4 is 23.8 Å². The first kappa shape index (κ1) is 20.1. The molecular formula is C16H23NO9. The molecule has 0 aromatic heterocycles. The third-order valence-corrected chi connectivity index (χ3v) is 3.88. The molecule has 10 nitrogen and oxygen atoms in total. The second-order valence-electron chi connectivity index (χ2n) is 6.19. The maximum absolute atomic E-state index is 11.6. The van der Waals surface area contributed by atoms with Gasteiger partial charge in [0.25, 0.3) is 0 Å². The van der Waals surface area contributed by atoms with Gasteiger partial charge < -0.3 is 29.0 Å². The normalized spacial score (nSPS) is 32.9. The fourth-order valence-corrected chi connectivity index (χ4v) is 2.93. The smallest absolute Gasteiger partial charge is 0.303 e. The Kier molecular flexibility index (Phi) is 6.54. The lowest BCUT2D eigenvalue weighted by Gasteiger charge is -2.45. The van der Waals surface area contributed by atoms with E-state index in [1.807, 2.05) is 0 Å². The topological polar surface area (TPSA) is 130 Å². The first-order valence-corrected chi connectivity index (χ1v) is 8.21. The summed E-state index contributed by atoms with van der Waals surface area (Å²) in [7, 11) is 0. The zero-order valence-corrected chi connectivity index (χ0v) is 15.1. The second-order valence-corrected chi connectivity index (χ2v) is 6.19. The minimum atomic E-state index is -1.07. The average molecular weight is 373 g/mol. The third kappa shape index (κ3) is 5.40. The number of carbonyl (C=O) groups is 4. The molecule has 146 valence electrons. The van der Waals surface area contributed by atoms with E-state index in [4.69, 9.17) is 23.7 Å².